The van der Waals surface area contributed by atoms with E-state index in [1.807, 2.05) is 0 Å². The molecule has 1 unspecified atom stereocenters. The monoisotopic (exact) mass is 306 g/mol. The first-order valence-corrected chi connectivity index (χ1v) is 8.13. The van der Waals surface area contributed by atoms with Crippen molar-refractivity contribution in [2.75, 3.05) is 20.3 Å². The van der Waals surface area contributed by atoms with Crippen LogP contribution in [0.15, 0.2) is 0 Å². The molecular formula is C13H18N6OS. The van der Waals surface area contributed by atoms with Crippen LogP contribution in [0.4, 0.5) is 0 Å². The summed E-state index contributed by atoms with van der Waals surface area (Å²) in [6.07, 6.45) is 3.34. The number of nitrogens with one attached hydrogen (secondary N) is 1. The van der Waals surface area contributed by atoms with Gasteiger partial charge in [0, 0.05) is 32.7 Å². The van der Waals surface area contributed by atoms with Gasteiger partial charge >= 0.3 is 0 Å². The molecule has 2 aromatic heterocycles. The normalized spacial score (nSPS) is 21.5. The second-order valence-electron chi connectivity index (χ2n) is 5.55. The fourth-order valence-electron chi connectivity index (χ4n) is 2.69. The molecule has 1 saturated carbocycles. The van der Waals surface area contributed by atoms with Gasteiger partial charge in [-0.2, -0.15) is 4.37 Å². The number of nitrogens with zero attached hydrogens (tertiary/aromatic N) is 5. The number of methoxy groups -OCH3 is 1. The molecule has 7 nitrogen and oxygen atoms in total. The zero-order chi connectivity index (χ0) is 14.2. The highest BCUT2D eigenvalue weighted by Crippen LogP contribution is 2.39. The smallest absolute Gasteiger partial charge is 0.194 e. The van der Waals surface area contributed by atoms with Crippen molar-refractivity contribution in [1.82, 2.24) is 29.4 Å². The van der Waals surface area contributed by atoms with E-state index in [9.17, 15) is 0 Å². The predicted octanol–water partition coefficient (Wildman–Crippen LogP) is 1.35. The van der Waals surface area contributed by atoms with Crippen LogP contribution in [0.25, 0.3) is 10.8 Å². The summed E-state index contributed by atoms with van der Waals surface area (Å²) in [7, 11) is 1.72. The van der Waals surface area contributed by atoms with Crippen molar-refractivity contribution in [3.63, 3.8) is 0 Å². The summed E-state index contributed by atoms with van der Waals surface area (Å²) in [5.41, 5.74) is 0. The molecule has 1 atom stereocenters. The van der Waals surface area contributed by atoms with E-state index >= 15 is 0 Å². The average molecular weight is 306 g/mol. The topological polar surface area (TPSA) is 77.8 Å². The van der Waals surface area contributed by atoms with Crippen LogP contribution in [0.3, 0.4) is 0 Å². The van der Waals surface area contributed by atoms with Crippen molar-refractivity contribution in [2.45, 2.75) is 37.8 Å². The lowest BCUT2D eigenvalue weighted by molar-refractivity contribution is 0.178. The third kappa shape index (κ3) is 2.47. The van der Waals surface area contributed by atoms with E-state index in [0.717, 1.165) is 42.0 Å². The Morgan fingerprint density at radius 1 is 1.38 bits per heavy atom. The SMILES string of the molecule is COCCC1NCCn2c(-c3nc(C4CC4)ns3)nnc21. The first kappa shape index (κ1) is 13.3. The van der Waals surface area contributed by atoms with E-state index in [4.69, 9.17) is 4.74 Å². The molecule has 0 radical (unpaired) electrons. The molecule has 0 saturated heterocycles. The van der Waals surface area contributed by atoms with Gasteiger partial charge in [-0.05, 0) is 30.8 Å². The Labute approximate surface area is 126 Å². The molecule has 4 rings (SSSR count). The molecule has 0 aromatic carbocycles. The Hall–Kier alpha value is -1.38. The summed E-state index contributed by atoms with van der Waals surface area (Å²) in [4.78, 5) is 4.65. The van der Waals surface area contributed by atoms with Crippen LogP contribution >= 0.6 is 11.5 Å². The van der Waals surface area contributed by atoms with Gasteiger partial charge in [0.1, 0.15) is 5.82 Å². The summed E-state index contributed by atoms with van der Waals surface area (Å²) in [6.45, 7) is 2.50. The minimum atomic E-state index is 0.204. The third-order valence-electron chi connectivity index (χ3n) is 4.00. The molecule has 1 aliphatic heterocycles. The largest absolute Gasteiger partial charge is 0.385 e. The molecule has 1 aliphatic carbocycles. The maximum Gasteiger partial charge on any atom is 0.194 e. The Morgan fingerprint density at radius 2 is 2.29 bits per heavy atom. The highest BCUT2D eigenvalue weighted by atomic mass is 32.1. The van der Waals surface area contributed by atoms with Gasteiger partial charge in [0.15, 0.2) is 16.7 Å². The lowest BCUT2D eigenvalue weighted by Gasteiger charge is -2.24. The van der Waals surface area contributed by atoms with Gasteiger partial charge in [-0.25, -0.2) is 4.98 Å². The molecule has 1 N–H and O–H groups in total. The zero-order valence-electron chi connectivity index (χ0n) is 11.9. The van der Waals surface area contributed by atoms with Gasteiger partial charge in [0.2, 0.25) is 0 Å². The van der Waals surface area contributed by atoms with E-state index in [-0.39, 0.29) is 6.04 Å². The highest BCUT2D eigenvalue weighted by molar-refractivity contribution is 7.09. The molecular weight excluding hydrogens is 288 g/mol. The fraction of sp³-hybridized carbons (Fsp3) is 0.692. The van der Waals surface area contributed by atoms with Gasteiger partial charge in [0.25, 0.3) is 0 Å². The number of hydrogen-bond donors (Lipinski definition) is 1. The van der Waals surface area contributed by atoms with Crippen LogP contribution in [-0.2, 0) is 11.3 Å². The third-order valence-corrected chi connectivity index (χ3v) is 4.73. The van der Waals surface area contributed by atoms with E-state index < -0.39 is 0 Å². The molecule has 0 amide bonds. The van der Waals surface area contributed by atoms with E-state index in [0.29, 0.717) is 12.5 Å². The molecule has 112 valence electrons. The number of ether oxygens (including phenoxy) is 1. The second kappa shape index (κ2) is 5.43. The Morgan fingerprint density at radius 3 is 3.10 bits per heavy atom. The Bertz CT molecular complexity index is 634. The van der Waals surface area contributed by atoms with Crippen molar-refractivity contribution >= 4 is 11.5 Å². The number of fused-ring (bicyclic) bond motifs is 1. The number of hydrogen-bond acceptors (Lipinski definition) is 7. The Balaban J connectivity index is 1.62. The molecule has 8 heteroatoms. The molecule has 2 aromatic rings. The molecule has 21 heavy (non-hydrogen) atoms. The van der Waals surface area contributed by atoms with Gasteiger partial charge in [-0.3, -0.25) is 0 Å². The van der Waals surface area contributed by atoms with Gasteiger partial charge in [-0.15, -0.1) is 10.2 Å². The van der Waals surface area contributed by atoms with E-state index in [2.05, 4.69) is 29.4 Å². The van der Waals surface area contributed by atoms with Crippen molar-refractivity contribution in [2.24, 2.45) is 0 Å². The van der Waals surface area contributed by atoms with Crippen molar-refractivity contribution < 1.29 is 4.74 Å². The molecule has 3 heterocycles. The van der Waals surface area contributed by atoms with Crippen LogP contribution in [0, 0.1) is 0 Å². The Kier molecular flexibility index (Phi) is 3.44. The summed E-state index contributed by atoms with van der Waals surface area (Å²) >= 11 is 1.44. The van der Waals surface area contributed by atoms with Crippen molar-refractivity contribution in [1.29, 1.82) is 0 Å². The minimum Gasteiger partial charge on any atom is -0.385 e. The summed E-state index contributed by atoms with van der Waals surface area (Å²) < 4.78 is 11.8. The maximum absolute atomic E-state index is 5.17. The quantitative estimate of drug-likeness (QED) is 0.898. The lowest BCUT2D eigenvalue weighted by atomic mass is 10.1. The van der Waals surface area contributed by atoms with Crippen molar-refractivity contribution in [3.8, 4) is 10.8 Å². The standard InChI is InChI=1S/C13H18N6OS/c1-20-7-4-9-11-16-17-12(19(11)6-5-14-9)13-15-10(18-21-13)8-2-3-8/h8-9,14H,2-7H2,1H3. The molecule has 1 fully saturated rings. The zero-order valence-corrected chi connectivity index (χ0v) is 12.8. The van der Waals surface area contributed by atoms with Crippen LogP contribution in [0.5, 0.6) is 0 Å². The van der Waals surface area contributed by atoms with Crippen LogP contribution in [0.2, 0.25) is 0 Å². The second-order valence-corrected chi connectivity index (χ2v) is 6.31. The minimum absolute atomic E-state index is 0.204. The van der Waals surface area contributed by atoms with Gasteiger partial charge < -0.3 is 14.6 Å². The number of aromatic nitrogens is 5. The highest BCUT2D eigenvalue weighted by Gasteiger charge is 2.30. The van der Waals surface area contributed by atoms with Crippen LogP contribution in [0.1, 0.15) is 42.9 Å². The molecule has 0 spiro atoms. The summed E-state index contributed by atoms with van der Waals surface area (Å²) in [5.74, 6) is 3.40. The van der Waals surface area contributed by atoms with E-state index in [1.54, 1.807) is 7.11 Å². The summed E-state index contributed by atoms with van der Waals surface area (Å²) in [6, 6.07) is 0.204. The first-order chi connectivity index (χ1) is 10.4. The fourth-order valence-corrected chi connectivity index (χ4v) is 3.43. The van der Waals surface area contributed by atoms with Gasteiger partial charge in [0.05, 0.1) is 6.04 Å². The van der Waals surface area contributed by atoms with Gasteiger partial charge in [-0.1, -0.05) is 0 Å². The van der Waals surface area contributed by atoms with Crippen LogP contribution < -0.4 is 5.32 Å². The molecule has 0 bridgehead atoms. The molecule has 2 aliphatic rings. The van der Waals surface area contributed by atoms with Crippen LogP contribution in [-0.4, -0.2) is 44.4 Å². The number of rotatable bonds is 5. The van der Waals surface area contributed by atoms with E-state index in [1.165, 1.54) is 24.4 Å². The van der Waals surface area contributed by atoms with Crippen molar-refractivity contribution in [3.05, 3.63) is 11.6 Å². The predicted molar refractivity (Wildman–Crippen MR) is 78.1 cm³/mol. The summed E-state index contributed by atoms with van der Waals surface area (Å²) in [5, 5.41) is 13.1. The lowest BCUT2D eigenvalue weighted by Crippen LogP contribution is -2.34. The first-order valence-electron chi connectivity index (χ1n) is 7.36. The average Bonchev–Trinajstić information content (AvgIpc) is 3.09. The maximum atomic E-state index is 5.17.